The van der Waals surface area contributed by atoms with E-state index in [4.69, 9.17) is 16.3 Å². The van der Waals surface area contributed by atoms with Crippen LogP contribution in [0.2, 0.25) is 5.02 Å². The predicted octanol–water partition coefficient (Wildman–Crippen LogP) is 8.08. The van der Waals surface area contributed by atoms with Gasteiger partial charge in [0.2, 0.25) is 5.91 Å². The second-order valence-electron chi connectivity index (χ2n) is 15.6. The number of esters is 1. The molecule has 3 aromatic carbocycles. The van der Waals surface area contributed by atoms with Gasteiger partial charge in [-0.05, 0) is 72.4 Å². The highest BCUT2D eigenvalue weighted by atomic mass is 35.5. The Morgan fingerprint density at radius 2 is 1.61 bits per heavy atom. The topological polar surface area (TPSA) is 137 Å². The van der Waals surface area contributed by atoms with Gasteiger partial charge in [0.1, 0.15) is 11.6 Å². The molecule has 15 heteroatoms. The first-order valence-corrected chi connectivity index (χ1v) is 22.1. The van der Waals surface area contributed by atoms with E-state index < -0.39 is 5.97 Å². The van der Waals surface area contributed by atoms with Crippen molar-refractivity contribution in [3.63, 3.8) is 0 Å². The zero-order valence-electron chi connectivity index (χ0n) is 35.9. The van der Waals surface area contributed by atoms with Crippen LogP contribution in [-0.4, -0.2) is 106 Å². The van der Waals surface area contributed by atoms with Crippen LogP contribution in [0.15, 0.2) is 91.3 Å². The summed E-state index contributed by atoms with van der Waals surface area (Å²) in [4.78, 5) is 74.9. The van der Waals surface area contributed by atoms with Crippen LogP contribution in [0.1, 0.15) is 87.4 Å². The summed E-state index contributed by atoms with van der Waals surface area (Å²) in [5, 5.41) is 8.52. The summed E-state index contributed by atoms with van der Waals surface area (Å²) in [6.07, 6.45) is 5.51. The number of carbonyl (C=O) groups is 5. The lowest BCUT2D eigenvalue weighted by molar-refractivity contribution is -0.147. The Morgan fingerprint density at radius 1 is 0.887 bits per heavy atom. The summed E-state index contributed by atoms with van der Waals surface area (Å²) < 4.78 is 6.96. The molecule has 13 nitrogen and oxygen atoms in total. The van der Waals surface area contributed by atoms with Crippen LogP contribution >= 0.6 is 22.9 Å². The van der Waals surface area contributed by atoms with Crippen molar-refractivity contribution in [2.75, 3.05) is 46.1 Å². The highest BCUT2D eigenvalue weighted by Crippen LogP contribution is 2.39. The van der Waals surface area contributed by atoms with E-state index >= 15 is 0 Å². The second-order valence-corrected chi connectivity index (χ2v) is 17.1. The molecule has 3 heterocycles. The molecule has 1 N–H and O–H groups in total. The summed E-state index contributed by atoms with van der Waals surface area (Å²) >= 11 is 7.41. The molecule has 0 bridgehead atoms. The number of hydrogen-bond donors (Lipinski definition) is 1. The van der Waals surface area contributed by atoms with Gasteiger partial charge in [0.05, 0.1) is 36.0 Å². The predicted molar refractivity (Wildman–Crippen MR) is 242 cm³/mol. The first-order valence-electron chi connectivity index (χ1n) is 20.9. The van der Waals surface area contributed by atoms with Crippen molar-refractivity contribution in [3.05, 3.63) is 135 Å². The molecule has 0 atom stereocenters. The first-order chi connectivity index (χ1) is 29.8. The lowest BCUT2D eigenvalue weighted by Crippen LogP contribution is -2.41. The monoisotopic (exact) mass is 879 g/mol. The van der Waals surface area contributed by atoms with E-state index in [1.807, 2.05) is 60.7 Å². The minimum atomic E-state index is -0.412. The molecule has 4 amide bonds. The molecule has 0 fully saturated rings. The van der Waals surface area contributed by atoms with Gasteiger partial charge < -0.3 is 24.8 Å². The minimum Gasteiger partial charge on any atom is -0.461 e. The Morgan fingerprint density at radius 3 is 2.32 bits per heavy atom. The summed E-state index contributed by atoms with van der Waals surface area (Å²) in [5.41, 5.74) is 4.58. The third kappa shape index (κ3) is 11.5. The quantitative estimate of drug-likeness (QED) is 0.0690. The van der Waals surface area contributed by atoms with Crippen LogP contribution in [0.25, 0.3) is 5.69 Å². The lowest BCUT2D eigenvalue weighted by atomic mass is 9.97. The smallest absolute Gasteiger partial charge is 0.319 e. The molecule has 5 aromatic rings. The van der Waals surface area contributed by atoms with Crippen molar-refractivity contribution in [1.82, 2.24) is 29.4 Å². The number of ketones is 1. The molecule has 2 aromatic heterocycles. The number of hydrogen-bond acceptors (Lipinski definition) is 9. The number of thiophene rings is 1. The van der Waals surface area contributed by atoms with E-state index in [9.17, 15) is 24.0 Å². The molecule has 0 radical (unpaired) electrons. The molecule has 0 unspecified atom stereocenters. The number of ether oxygens (including phenoxy) is 1. The van der Waals surface area contributed by atoms with Crippen LogP contribution < -0.4 is 5.32 Å². The van der Waals surface area contributed by atoms with Crippen LogP contribution in [0.3, 0.4) is 0 Å². The Labute approximate surface area is 372 Å². The number of fused-ring (bicyclic) bond motifs is 1. The molecule has 62 heavy (non-hydrogen) atoms. The Bertz CT molecular complexity index is 2360. The maximum absolute atomic E-state index is 14.4. The fraction of sp³-hybridized carbons (Fsp3) is 0.362. The number of nitrogens with zero attached hydrogens (tertiary/aromatic N) is 6. The average Bonchev–Trinajstić information content (AvgIpc) is 3.92. The van der Waals surface area contributed by atoms with Crippen molar-refractivity contribution in [2.45, 2.75) is 71.7 Å². The van der Waals surface area contributed by atoms with E-state index in [0.717, 1.165) is 40.1 Å². The van der Waals surface area contributed by atoms with E-state index in [1.54, 1.807) is 60.0 Å². The highest BCUT2D eigenvalue weighted by molar-refractivity contribution is 7.17. The zero-order valence-corrected chi connectivity index (χ0v) is 37.5. The molecular formula is C47H54ClN7O6S. The van der Waals surface area contributed by atoms with E-state index in [2.05, 4.69) is 29.2 Å². The first kappa shape index (κ1) is 45.7. The SMILES string of the molecule is CCC(CC)N(CCN(C)C(=O)CCC(=O)OCc1ccccc1)Cc1cccc(C(=O)Nc2sc3c(c2C(=O)c2cnn(-c4ccc(Cl)cc4)c2)CCN(C(=O)N(C)C)C3)c1. The number of amides is 4. The third-order valence-electron chi connectivity index (χ3n) is 11.1. The molecular weight excluding hydrogens is 826 g/mol. The standard InChI is InChI=1S/C47H54ClN7O6S/c1-6-37(7-2)53(25-24-52(5)41(56)20-21-42(57)61-31-32-12-9-8-10-13-32)28-33-14-11-15-34(26-33)45(59)50-46-43(39-22-23-54(30-40(39)62-46)47(60)51(3)4)44(58)35-27-49-55(29-35)38-18-16-36(48)17-19-38/h8-19,26-27,29,37H,6-7,20-25,28,30-31H2,1-5H3,(H,50,59). The molecule has 1 aliphatic rings. The zero-order chi connectivity index (χ0) is 44.3. The number of rotatable bonds is 18. The minimum absolute atomic E-state index is 0.00843. The fourth-order valence-electron chi connectivity index (χ4n) is 7.53. The van der Waals surface area contributed by atoms with Gasteiger partial charge in [-0.3, -0.25) is 24.1 Å². The van der Waals surface area contributed by atoms with Gasteiger partial charge in [-0.2, -0.15) is 5.10 Å². The maximum atomic E-state index is 14.4. The molecule has 0 spiro atoms. The van der Waals surface area contributed by atoms with Crippen LogP contribution in [-0.2, 0) is 40.4 Å². The van der Waals surface area contributed by atoms with E-state index in [-0.39, 0.29) is 49.1 Å². The van der Waals surface area contributed by atoms with Crippen molar-refractivity contribution in [1.29, 1.82) is 0 Å². The number of urea groups is 1. The molecule has 0 aliphatic carbocycles. The largest absolute Gasteiger partial charge is 0.461 e. The highest BCUT2D eigenvalue weighted by Gasteiger charge is 2.32. The van der Waals surface area contributed by atoms with Gasteiger partial charge in [-0.15, -0.1) is 11.3 Å². The summed E-state index contributed by atoms with van der Waals surface area (Å²) in [5.74, 6) is -1.18. The number of nitrogens with one attached hydrogen (secondary N) is 1. The van der Waals surface area contributed by atoms with Crippen molar-refractivity contribution >= 4 is 57.5 Å². The lowest BCUT2D eigenvalue weighted by Gasteiger charge is -2.32. The van der Waals surface area contributed by atoms with E-state index in [0.29, 0.717) is 65.9 Å². The van der Waals surface area contributed by atoms with Gasteiger partial charge in [0.25, 0.3) is 5.91 Å². The van der Waals surface area contributed by atoms with Crippen LogP contribution in [0.4, 0.5) is 9.80 Å². The van der Waals surface area contributed by atoms with Gasteiger partial charge >= 0.3 is 12.0 Å². The Balaban J connectivity index is 1.15. The number of halogens is 1. The van der Waals surface area contributed by atoms with Gasteiger partial charge in [0, 0.05) is 81.4 Å². The van der Waals surface area contributed by atoms with Gasteiger partial charge in [-0.1, -0.05) is 67.9 Å². The van der Waals surface area contributed by atoms with Crippen molar-refractivity contribution < 1.29 is 28.7 Å². The number of anilines is 1. The Hall–Kier alpha value is -5.83. The normalized spacial score (nSPS) is 12.3. The molecule has 0 saturated heterocycles. The Kier molecular flexibility index (Phi) is 15.7. The second kappa shape index (κ2) is 21.3. The molecule has 6 rings (SSSR count). The van der Waals surface area contributed by atoms with Crippen molar-refractivity contribution in [2.24, 2.45) is 0 Å². The fourth-order valence-corrected chi connectivity index (χ4v) is 8.91. The molecule has 326 valence electrons. The van der Waals surface area contributed by atoms with Crippen molar-refractivity contribution in [3.8, 4) is 5.69 Å². The van der Waals surface area contributed by atoms with Gasteiger partial charge in [-0.25, -0.2) is 9.48 Å². The van der Waals surface area contributed by atoms with E-state index in [1.165, 1.54) is 22.4 Å². The maximum Gasteiger partial charge on any atom is 0.319 e. The number of likely N-dealkylation sites (N-methyl/N-ethyl adjacent to an activating group) is 1. The number of benzene rings is 3. The summed E-state index contributed by atoms with van der Waals surface area (Å²) in [6.45, 7) is 6.81. The summed E-state index contributed by atoms with van der Waals surface area (Å²) in [6, 6.07) is 24.1. The van der Waals surface area contributed by atoms with Crippen LogP contribution in [0, 0.1) is 0 Å². The molecule has 1 aliphatic heterocycles. The van der Waals surface area contributed by atoms with Crippen LogP contribution in [0.5, 0.6) is 0 Å². The van der Waals surface area contributed by atoms with Gasteiger partial charge in [0.15, 0.2) is 5.78 Å². The average molecular weight is 881 g/mol. The third-order valence-corrected chi connectivity index (χ3v) is 12.5. The number of aromatic nitrogens is 2. The molecule has 0 saturated carbocycles. The summed E-state index contributed by atoms with van der Waals surface area (Å²) in [7, 11) is 5.16. The number of carbonyl (C=O) groups excluding carboxylic acids is 5.